The van der Waals surface area contributed by atoms with Crippen LogP contribution in [0.5, 0.6) is 0 Å². The van der Waals surface area contributed by atoms with Gasteiger partial charge in [0, 0.05) is 19.4 Å². The van der Waals surface area contributed by atoms with Crippen molar-refractivity contribution in [3.63, 3.8) is 0 Å². The number of hydrogen-bond acceptors (Lipinski definition) is 15. The average Bonchev–Trinajstić information content (AvgIpc) is 3.58. The van der Waals surface area contributed by atoms with Crippen molar-refractivity contribution in [3.8, 4) is 0 Å². The van der Waals surface area contributed by atoms with Gasteiger partial charge in [-0.15, -0.1) is 5.10 Å². The van der Waals surface area contributed by atoms with Crippen LogP contribution in [0, 0.1) is 10.8 Å². The van der Waals surface area contributed by atoms with Crippen LogP contribution in [0.15, 0.2) is 28.0 Å². The first-order chi connectivity index (χ1) is 22.0. The normalized spacial score (nSPS) is 20.0. The molecule has 2 N–H and O–H groups in total. The Morgan fingerprint density at radius 3 is 2.11 bits per heavy atom. The van der Waals surface area contributed by atoms with E-state index in [-0.39, 0.29) is 25.2 Å². The Morgan fingerprint density at radius 2 is 1.60 bits per heavy atom. The fourth-order valence-corrected chi connectivity index (χ4v) is 4.90. The number of rotatable bonds is 14. The van der Waals surface area contributed by atoms with Crippen LogP contribution in [-0.2, 0) is 53.4 Å². The van der Waals surface area contributed by atoms with Gasteiger partial charge < -0.3 is 28.8 Å². The molecule has 1 fully saturated rings. The Hall–Kier alpha value is -3.25. The molecule has 19 heteroatoms. The number of esters is 2. The van der Waals surface area contributed by atoms with E-state index in [0.717, 1.165) is 10.6 Å². The number of hydrogen-bond donors (Lipinski definition) is 2. The number of methoxy groups -OCH3 is 1. The lowest BCUT2D eigenvalue weighted by atomic mass is 9.98. The molecule has 1 aliphatic rings. The molecule has 3 rings (SSSR count). The molecule has 2 aromatic rings. The molecule has 18 nitrogen and oxygen atoms in total. The Labute approximate surface area is 272 Å². The van der Waals surface area contributed by atoms with Crippen molar-refractivity contribution in [2.24, 2.45) is 10.8 Å². The summed E-state index contributed by atoms with van der Waals surface area (Å²) in [4.78, 5) is 50.5. The molecular formula is C28H46N5O13P. The summed E-state index contributed by atoms with van der Waals surface area (Å²) in [6, 6.07) is 1.12. The molecule has 0 saturated carbocycles. The Bertz CT molecular complexity index is 1440. The van der Waals surface area contributed by atoms with Gasteiger partial charge in [-0.25, -0.2) is 9.48 Å². The quantitative estimate of drug-likeness (QED) is 0.122. The Kier molecular flexibility index (Phi) is 14.6. The van der Waals surface area contributed by atoms with Gasteiger partial charge in [-0.2, -0.15) is 0 Å². The second kappa shape index (κ2) is 17.2. The van der Waals surface area contributed by atoms with Crippen molar-refractivity contribution >= 4 is 25.0 Å². The zero-order chi connectivity index (χ0) is 35.6. The van der Waals surface area contributed by atoms with Crippen LogP contribution in [0.2, 0.25) is 0 Å². The van der Waals surface area contributed by atoms with Crippen molar-refractivity contribution in [2.75, 3.05) is 33.9 Å². The van der Waals surface area contributed by atoms with Gasteiger partial charge in [0.2, 0.25) is 13.6 Å². The van der Waals surface area contributed by atoms with Gasteiger partial charge in [0.1, 0.15) is 18.3 Å². The first-order valence-electron chi connectivity index (χ1n) is 14.9. The summed E-state index contributed by atoms with van der Waals surface area (Å²) in [6.45, 7) is 12.3. The van der Waals surface area contributed by atoms with E-state index in [4.69, 9.17) is 32.7 Å². The summed E-state index contributed by atoms with van der Waals surface area (Å²) in [6.07, 6.45) is -2.12. The lowest BCUT2D eigenvalue weighted by Crippen LogP contribution is -2.39. The van der Waals surface area contributed by atoms with Gasteiger partial charge in [0.15, 0.2) is 11.7 Å². The van der Waals surface area contributed by atoms with Crippen molar-refractivity contribution in [1.82, 2.24) is 24.5 Å². The lowest BCUT2D eigenvalue weighted by molar-refractivity contribution is -0.161. The Morgan fingerprint density at radius 1 is 1.02 bits per heavy atom. The minimum atomic E-state index is -4.40. The number of aliphatic hydroxyl groups excluding tert-OH is 1. The zero-order valence-electron chi connectivity index (χ0n) is 28.2. The number of ether oxygens (including phenoxy) is 5. The second-order valence-electron chi connectivity index (χ2n) is 12.1. The summed E-state index contributed by atoms with van der Waals surface area (Å²) in [5.74, 6) is -1.27. The molecule has 3 heterocycles. The standard InChI is InChI=1S/C26H40N5O13P.C2H6/c1-25(2,3)22(34)40-14-42-45(37,43-15-41-23(35)26(4,5)6)18-13-30(29-28-18)12-16-19(33)20(39-11-10-38-7)21(44-16)31-9-8-17(32)27-24(31)36;1-2/h8-9,13,16,19-21,33H,10-12,14-15H2,1-7H3,(H,27,32,36);1-2H3. The van der Waals surface area contributed by atoms with Gasteiger partial charge in [-0.05, 0) is 41.5 Å². The van der Waals surface area contributed by atoms with Crippen LogP contribution >= 0.6 is 7.60 Å². The predicted octanol–water partition coefficient (Wildman–Crippen LogP) is 1.09. The molecule has 0 spiro atoms. The highest BCUT2D eigenvalue weighted by atomic mass is 31.2. The average molecular weight is 692 g/mol. The molecule has 266 valence electrons. The SMILES string of the molecule is CC.COCCOC1C(O)C(Cn2cc(P(=O)(OCOC(=O)C(C)(C)C)OCOC(=O)C(C)(C)C)nn2)OC1n1ccc(=O)[nH]c1=O. The molecule has 0 bridgehead atoms. The van der Waals surface area contributed by atoms with Gasteiger partial charge >= 0.3 is 25.2 Å². The molecule has 2 aromatic heterocycles. The van der Waals surface area contributed by atoms with E-state index in [0.29, 0.717) is 0 Å². The molecule has 0 radical (unpaired) electrons. The summed E-state index contributed by atoms with van der Waals surface area (Å²) >= 11 is 0. The molecule has 47 heavy (non-hydrogen) atoms. The fraction of sp³-hybridized carbons (Fsp3) is 0.714. The number of H-pyrrole nitrogens is 1. The molecule has 4 atom stereocenters. The van der Waals surface area contributed by atoms with Gasteiger partial charge in [0.05, 0.1) is 36.8 Å². The van der Waals surface area contributed by atoms with E-state index in [9.17, 15) is 28.8 Å². The number of nitrogens with zero attached hydrogens (tertiary/aromatic N) is 4. The smallest absolute Gasteiger partial charge is 0.388 e. The number of aromatic amines is 1. The molecule has 0 amide bonds. The maximum absolute atomic E-state index is 13.8. The number of carbonyl (C=O) groups excluding carboxylic acids is 2. The summed E-state index contributed by atoms with van der Waals surface area (Å²) in [7, 11) is -2.93. The third-order valence-electron chi connectivity index (χ3n) is 6.26. The van der Waals surface area contributed by atoms with Crippen LogP contribution in [0.25, 0.3) is 0 Å². The van der Waals surface area contributed by atoms with E-state index < -0.39 is 79.7 Å². The van der Waals surface area contributed by atoms with Crippen LogP contribution in [0.3, 0.4) is 0 Å². The number of carbonyl (C=O) groups is 2. The second-order valence-corrected chi connectivity index (χ2v) is 14.0. The molecule has 1 saturated heterocycles. The van der Waals surface area contributed by atoms with Crippen molar-refractivity contribution < 1.29 is 52.0 Å². The highest BCUT2D eigenvalue weighted by molar-refractivity contribution is 7.61. The van der Waals surface area contributed by atoms with Gasteiger partial charge in [0.25, 0.3) is 5.56 Å². The van der Waals surface area contributed by atoms with E-state index >= 15 is 0 Å². The van der Waals surface area contributed by atoms with Gasteiger partial charge in [-0.3, -0.25) is 37.5 Å². The topological polar surface area (TPSA) is 222 Å². The number of nitrogens with one attached hydrogen (secondary N) is 1. The maximum atomic E-state index is 13.8. The monoisotopic (exact) mass is 691 g/mol. The van der Waals surface area contributed by atoms with Crippen LogP contribution < -0.4 is 16.7 Å². The minimum Gasteiger partial charge on any atom is -0.438 e. The van der Waals surface area contributed by atoms with Crippen molar-refractivity contribution in [3.05, 3.63) is 39.3 Å². The molecule has 4 unspecified atom stereocenters. The van der Waals surface area contributed by atoms with Crippen LogP contribution in [0.4, 0.5) is 0 Å². The molecule has 1 aliphatic heterocycles. The van der Waals surface area contributed by atoms with E-state index in [1.165, 1.54) is 24.2 Å². The third kappa shape index (κ3) is 11.2. The van der Waals surface area contributed by atoms with E-state index in [2.05, 4.69) is 15.3 Å². The van der Waals surface area contributed by atoms with Crippen LogP contribution in [-0.4, -0.2) is 93.8 Å². The van der Waals surface area contributed by atoms with Gasteiger partial charge in [-0.1, -0.05) is 19.1 Å². The number of aromatic nitrogens is 5. The summed E-state index contributed by atoms with van der Waals surface area (Å²) < 4.78 is 53.5. The van der Waals surface area contributed by atoms with Crippen molar-refractivity contribution in [1.29, 1.82) is 0 Å². The van der Waals surface area contributed by atoms with E-state index in [1.807, 2.05) is 13.8 Å². The van der Waals surface area contributed by atoms with E-state index in [1.54, 1.807) is 41.5 Å². The zero-order valence-corrected chi connectivity index (χ0v) is 29.1. The van der Waals surface area contributed by atoms with Crippen LogP contribution in [0.1, 0.15) is 61.6 Å². The molecule has 0 aliphatic carbocycles. The highest BCUT2D eigenvalue weighted by Gasteiger charge is 2.46. The third-order valence-corrected chi connectivity index (χ3v) is 7.92. The maximum Gasteiger partial charge on any atom is 0.388 e. The summed E-state index contributed by atoms with van der Waals surface area (Å²) in [5.41, 5.74) is -3.46. The number of aliphatic hydroxyl groups is 1. The molecule has 0 aromatic carbocycles. The summed E-state index contributed by atoms with van der Waals surface area (Å²) in [5, 5.41) is 18.9. The fourth-order valence-electron chi connectivity index (χ4n) is 3.76. The first kappa shape index (κ1) is 39.9. The largest absolute Gasteiger partial charge is 0.438 e. The highest BCUT2D eigenvalue weighted by Crippen LogP contribution is 2.46. The Balaban J connectivity index is 0.00000376. The first-order valence-corrected chi connectivity index (χ1v) is 16.4. The molecular weight excluding hydrogens is 645 g/mol. The minimum absolute atomic E-state index is 0.0633. The lowest BCUT2D eigenvalue weighted by Gasteiger charge is -2.22. The van der Waals surface area contributed by atoms with Crippen molar-refractivity contribution in [2.45, 2.75) is 86.5 Å². The predicted molar refractivity (Wildman–Crippen MR) is 164 cm³/mol.